The number of rotatable bonds is 2. The van der Waals surface area contributed by atoms with E-state index < -0.39 is 16.9 Å². The summed E-state index contributed by atoms with van der Waals surface area (Å²) >= 11 is 18.2. The molecular formula is C13H15Cl2N3O2S2. The molecule has 1 atom stereocenters. The second-order valence-electron chi connectivity index (χ2n) is 5.35. The van der Waals surface area contributed by atoms with Crippen LogP contribution in [0.25, 0.3) is 0 Å². The van der Waals surface area contributed by atoms with Crippen molar-refractivity contribution in [3.8, 4) is 0 Å². The minimum atomic E-state index is -0.665. The summed E-state index contributed by atoms with van der Waals surface area (Å²) in [5, 5.41) is 13.6. The first kappa shape index (κ1) is 17.6. The number of amides is 2. The highest BCUT2D eigenvalue weighted by Crippen LogP contribution is 2.40. The van der Waals surface area contributed by atoms with Crippen LogP contribution in [0.3, 0.4) is 0 Å². The molecule has 2 N–H and O–H groups in total. The summed E-state index contributed by atoms with van der Waals surface area (Å²) in [5.41, 5.74) is -0.0546. The van der Waals surface area contributed by atoms with E-state index >= 15 is 0 Å². The van der Waals surface area contributed by atoms with Crippen LogP contribution >= 0.6 is 47.2 Å². The highest BCUT2D eigenvalue weighted by molar-refractivity contribution is 8.23. The van der Waals surface area contributed by atoms with Crippen molar-refractivity contribution in [2.24, 2.45) is 0 Å². The fraction of sp³-hybridized carbons (Fsp3) is 0.385. The highest BCUT2D eigenvalue weighted by atomic mass is 35.5. The number of anilines is 1. The van der Waals surface area contributed by atoms with E-state index in [9.17, 15) is 10.0 Å². The van der Waals surface area contributed by atoms with Gasteiger partial charge < -0.3 is 10.2 Å². The van der Waals surface area contributed by atoms with Crippen LogP contribution in [0.2, 0.25) is 10.0 Å². The predicted molar refractivity (Wildman–Crippen MR) is 94.9 cm³/mol. The molecule has 2 amide bonds. The van der Waals surface area contributed by atoms with Gasteiger partial charge in [-0.1, -0.05) is 47.2 Å². The number of likely N-dealkylation sites (N-methyl/N-ethyl adjacent to an activating group) is 1. The van der Waals surface area contributed by atoms with Gasteiger partial charge >= 0.3 is 6.03 Å². The summed E-state index contributed by atoms with van der Waals surface area (Å²) in [6, 6.07) is 4.02. The van der Waals surface area contributed by atoms with Gasteiger partial charge in [-0.15, -0.1) is 0 Å². The second-order valence-corrected chi connectivity index (χ2v) is 7.88. The fourth-order valence-corrected chi connectivity index (χ4v) is 3.96. The summed E-state index contributed by atoms with van der Waals surface area (Å²) in [6.07, 6.45) is 0. The molecule has 0 radical (unpaired) electrons. The number of thioether (sulfide) groups is 1. The maximum absolute atomic E-state index is 12.2. The molecule has 1 fully saturated rings. The lowest BCUT2D eigenvalue weighted by atomic mass is 10.0. The normalized spacial score (nSPS) is 20.2. The summed E-state index contributed by atoms with van der Waals surface area (Å²) in [4.78, 5) is 14.1. The number of carbonyl (C=O) groups excluding carboxylic acids is 1. The molecule has 2 rings (SSSR count). The molecule has 120 valence electrons. The van der Waals surface area contributed by atoms with Gasteiger partial charge in [-0.3, -0.25) is 5.21 Å². The van der Waals surface area contributed by atoms with E-state index in [1.807, 2.05) is 25.8 Å². The van der Waals surface area contributed by atoms with Gasteiger partial charge in [-0.05, 0) is 32.0 Å². The van der Waals surface area contributed by atoms with Crippen molar-refractivity contribution in [1.82, 2.24) is 9.96 Å². The van der Waals surface area contributed by atoms with Gasteiger partial charge in [0, 0.05) is 12.7 Å². The van der Waals surface area contributed by atoms with E-state index in [1.54, 1.807) is 12.1 Å². The third-order valence-electron chi connectivity index (χ3n) is 3.56. The number of nitrogens with zero attached hydrogens (tertiary/aromatic N) is 2. The average molecular weight is 380 g/mol. The molecule has 1 aromatic rings. The molecule has 0 unspecified atom stereocenters. The van der Waals surface area contributed by atoms with E-state index in [1.165, 1.54) is 17.8 Å². The summed E-state index contributed by atoms with van der Waals surface area (Å²) in [7, 11) is 1.83. The van der Waals surface area contributed by atoms with Crippen molar-refractivity contribution in [2.75, 3.05) is 12.4 Å². The lowest BCUT2D eigenvalue weighted by molar-refractivity contribution is -0.0715. The zero-order valence-corrected chi connectivity index (χ0v) is 15.3. The van der Waals surface area contributed by atoms with Crippen LogP contribution in [0.5, 0.6) is 0 Å². The molecule has 0 aromatic heterocycles. The zero-order valence-electron chi connectivity index (χ0n) is 12.1. The summed E-state index contributed by atoms with van der Waals surface area (Å²) in [6.45, 7) is 3.80. The van der Waals surface area contributed by atoms with Gasteiger partial charge in [0.1, 0.15) is 9.69 Å². The number of hydrogen-bond donors (Lipinski definition) is 2. The van der Waals surface area contributed by atoms with Gasteiger partial charge in [-0.2, -0.15) is 5.06 Å². The van der Waals surface area contributed by atoms with Crippen molar-refractivity contribution in [1.29, 1.82) is 0 Å². The van der Waals surface area contributed by atoms with Crippen molar-refractivity contribution < 1.29 is 10.0 Å². The molecule has 22 heavy (non-hydrogen) atoms. The molecule has 0 aliphatic carbocycles. The molecule has 1 aliphatic rings. The first-order chi connectivity index (χ1) is 10.1. The van der Waals surface area contributed by atoms with Gasteiger partial charge in [0.05, 0.1) is 15.6 Å². The van der Waals surface area contributed by atoms with E-state index in [-0.39, 0.29) is 0 Å². The largest absolute Gasteiger partial charge is 0.352 e. The van der Waals surface area contributed by atoms with Gasteiger partial charge in [0.25, 0.3) is 0 Å². The first-order valence-corrected chi connectivity index (χ1v) is 8.37. The number of benzene rings is 1. The van der Waals surface area contributed by atoms with Crippen LogP contribution in [0.15, 0.2) is 18.2 Å². The minimum absolute atomic E-state index is 0.320. The van der Waals surface area contributed by atoms with E-state index in [0.29, 0.717) is 25.1 Å². The van der Waals surface area contributed by atoms with Crippen LogP contribution in [0.4, 0.5) is 10.5 Å². The Morgan fingerprint density at radius 2 is 2.09 bits per heavy atom. The highest BCUT2D eigenvalue weighted by Gasteiger charge is 2.47. The van der Waals surface area contributed by atoms with Crippen LogP contribution in [-0.4, -0.2) is 43.5 Å². The number of halogens is 2. The Bertz CT molecular complexity index is 627. The third kappa shape index (κ3) is 3.28. The van der Waals surface area contributed by atoms with Crippen molar-refractivity contribution >= 4 is 63.2 Å². The maximum atomic E-state index is 12.2. The molecule has 1 aliphatic heterocycles. The maximum Gasteiger partial charge on any atom is 0.346 e. The molecular weight excluding hydrogens is 365 g/mol. The number of urea groups is 1. The Balaban J connectivity index is 2.12. The zero-order chi connectivity index (χ0) is 16.7. The molecule has 0 saturated carbocycles. The number of hydroxylamine groups is 2. The topological polar surface area (TPSA) is 55.8 Å². The predicted octanol–water partition coefficient (Wildman–Crippen LogP) is 4.28. The van der Waals surface area contributed by atoms with E-state index in [0.717, 1.165) is 0 Å². The summed E-state index contributed by atoms with van der Waals surface area (Å²) in [5.74, 6) is 0. The lowest BCUT2D eigenvalue weighted by Crippen LogP contribution is -2.52. The first-order valence-electron chi connectivity index (χ1n) is 6.33. The SMILES string of the molecule is CN1C(=S)S[C@@H](N(O)C(=O)Nc2ccc(Cl)c(Cl)c2)C1(C)C. The second kappa shape index (κ2) is 6.41. The molecule has 1 heterocycles. The van der Waals surface area contributed by atoms with Crippen molar-refractivity contribution in [3.05, 3.63) is 28.2 Å². The molecule has 0 bridgehead atoms. The number of nitrogens with one attached hydrogen (secondary N) is 1. The number of thiocarbonyl (C=S) groups is 1. The Hall–Kier alpha value is -0.730. The van der Waals surface area contributed by atoms with Gasteiger partial charge in [0.15, 0.2) is 0 Å². The Morgan fingerprint density at radius 1 is 1.45 bits per heavy atom. The molecule has 5 nitrogen and oxygen atoms in total. The molecule has 0 spiro atoms. The quantitative estimate of drug-likeness (QED) is 0.456. The minimum Gasteiger partial charge on any atom is -0.352 e. The van der Waals surface area contributed by atoms with Crippen LogP contribution in [0.1, 0.15) is 13.8 Å². The van der Waals surface area contributed by atoms with Crippen LogP contribution in [0, 0.1) is 0 Å². The Morgan fingerprint density at radius 3 is 2.59 bits per heavy atom. The average Bonchev–Trinajstić information content (AvgIpc) is 2.65. The number of carbonyl (C=O) groups is 1. The van der Waals surface area contributed by atoms with E-state index in [2.05, 4.69) is 5.32 Å². The molecule has 1 aromatic carbocycles. The molecule has 1 saturated heterocycles. The van der Waals surface area contributed by atoms with Crippen LogP contribution in [-0.2, 0) is 0 Å². The monoisotopic (exact) mass is 379 g/mol. The lowest BCUT2D eigenvalue weighted by Gasteiger charge is -2.35. The van der Waals surface area contributed by atoms with Crippen molar-refractivity contribution in [3.63, 3.8) is 0 Å². The van der Waals surface area contributed by atoms with E-state index in [4.69, 9.17) is 35.4 Å². The third-order valence-corrected chi connectivity index (χ3v) is 6.33. The Labute approximate surface area is 148 Å². The standard InChI is InChI=1S/C13H15Cl2N3O2S2/c1-13(2)10(22-12(21)17(13)3)18(20)11(19)16-7-4-5-8(14)9(15)6-7/h4-6,10,20H,1-3H3,(H,16,19)/t10-/m1/s1. The smallest absolute Gasteiger partial charge is 0.346 e. The number of hydrogen-bond acceptors (Lipinski definition) is 4. The fourth-order valence-electron chi connectivity index (χ4n) is 1.93. The Kier molecular flexibility index (Phi) is 5.13. The van der Waals surface area contributed by atoms with Gasteiger partial charge in [-0.25, -0.2) is 4.79 Å². The van der Waals surface area contributed by atoms with Crippen molar-refractivity contribution in [2.45, 2.75) is 24.8 Å². The molecule has 9 heteroatoms. The summed E-state index contributed by atoms with van der Waals surface area (Å²) < 4.78 is 0.622. The van der Waals surface area contributed by atoms with Gasteiger partial charge in [0.2, 0.25) is 0 Å². The van der Waals surface area contributed by atoms with Crippen LogP contribution < -0.4 is 5.32 Å².